The second-order valence-electron chi connectivity index (χ2n) is 6.27. The van der Waals surface area contributed by atoms with E-state index in [1.807, 2.05) is 12.1 Å². The first-order chi connectivity index (χ1) is 13.3. The number of hydrogen-bond donors (Lipinski definition) is 5. The molecule has 7 N–H and O–H groups in total. The van der Waals surface area contributed by atoms with E-state index in [0.29, 0.717) is 29.1 Å². The molecule has 1 aromatic heterocycles. The average Bonchev–Trinajstić information content (AvgIpc) is 2.62. The van der Waals surface area contributed by atoms with Crippen molar-refractivity contribution in [3.63, 3.8) is 0 Å². The molecule has 0 aliphatic heterocycles. The van der Waals surface area contributed by atoms with E-state index in [0.717, 1.165) is 5.56 Å². The Labute approximate surface area is 165 Å². The predicted molar refractivity (Wildman–Crippen MR) is 108 cm³/mol. The number of aromatic amines is 1. The Kier molecular flexibility index (Phi) is 7.44. The highest BCUT2D eigenvalue weighted by Crippen LogP contribution is 2.20. The topological polar surface area (TPSA) is 164 Å². The van der Waals surface area contributed by atoms with Crippen molar-refractivity contribution in [1.29, 1.82) is 0 Å². The minimum absolute atomic E-state index is 0.00886. The van der Waals surface area contributed by atoms with Gasteiger partial charge in [0.1, 0.15) is 10.7 Å². The molecule has 1 aromatic carbocycles. The minimum atomic E-state index is -0.887. The maximum absolute atomic E-state index is 12.2. The molecule has 0 spiro atoms. The van der Waals surface area contributed by atoms with Crippen LogP contribution in [0.25, 0.3) is 0 Å². The van der Waals surface area contributed by atoms with Gasteiger partial charge in [-0.25, -0.2) is 0 Å². The number of hydrogen-bond acceptors (Lipinski definition) is 7. The molecular weight excluding hydrogens is 382 g/mol. The Hall–Kier alpha value is -3.01. The number of amides is 1. The third-order valence-electron chi connectivity index (χ3n) is 3.94. The summed E-state index contributed by atoms with van der Waals surface area (Å²) in [6.07, 6.45) is 1.05. The highest BCUT2D eigenvalue weighted by atomic mass is 32.2. The number of nitrogen functional groups attached to an aromatic ring is 2. The number of thioether (sulfide) groups is 1. The fraction of sp³-hybridized carbons (Fsp3) is 0.333. The number of carboxylic acids is 1. The van der Waals surface area contributed by atoms with Gasteiger partial charge in [-0.3, -0.25) is 19.4 Å². The molecular formula is C18H23N5O4S. The highest BCUT2D eigenvalue weighted by Gasteiger charge is 2.12. The zero-order valence-electron chi connectivity index (χ0n) is 15.4. The van der Waals surface area contributed by atoms with Crippen LogP contribution in [0.5, 0.6) is 0 Å². The molecule has 0 radical (unpaired) electrons. The summed E-state index contributed by atoms with van der Waals surface area (Å²) in [4.78, 5) is 41.2. The maximum Gasteiger partial charge on any atom is 0.303 e. The van der Waals surface area contributed by atoms with E-state index in [2.05, 4.69) is 15.3 Å². The zero-order valence-corrected chi connectivity index (χ0v) is 16.2. The van der Waals surface area contributed by atoms with Crippen LogP contribution in [0, 0.1) is 0 Å². The smallest absolute Gasteiger partial charge is 0.303 e. The summed E-state index contributed by atoms with van der Waals surface area (Å²) in [6, 6.07) is 6.88. The van der Waals surface area contributed by atoms with Crippen molar-refractivity contribution in [2.75, 3.05) is 17.2 Å². The van der Waals surface area contributed by atoms with Crippen LogP contribution < -0.4 is 22.3 Å². The summed E-state index contributed by atoms with van der Waals surface area (Å²) < 4.78 is 0. The second kappa shape index (κ2) is 9.79. The average molecular weight is 405 g/mol. The predicted octanol–water partition coefficient (Wildman–Crippen LogP) is 1.25. The van der Waals surface area contributed by atoms with Crippen LogP contribution in [-0.4, -0.2) is 38.7 Å². The number of aromatic nitrogens is 2. The van der Waals surface area contributed by atoms with Crippen LogP contribution in [0.3, 0.4) is 0 Å². The van der Waals surface area contributed by atoms with Crippen molar-refractivity contribution in [1.82, 2.24) is 15.3 Å². The molecule has 0 fully saturated rings. The van der Waals surface area contributed by atoms with Gasteiger partial charge in [-0.05, 0) is 37.5 Å². The lowest BCUT2D eigenvalue weighted by Crippen LogP contribution is -2.32. The van der Waals surface area contributed by atoms with Crippen LogP contribution in [0.2, 0.25) is 0 Å². The molecule has 28 heavy (non-hydrogen) atoms. The summed E-state index contributed by atoms with van der Waals surface area (Å²) in [5.41, 5.74) is 12.3. The Morgan fingerprint density at radius 3 is 2.57 bits per heavy atom. The van der Waals surface area contributed by atoms with Crippen molar-refractivity contribution in [2.24, 2.45) is 0 Å². The first-order valence-electron chi connectivity index (χ1n) is 8.66. The fourth-order valence-electron chi connectivity index (χ4n) is 2.45. The summed E-state index contributed by atoms with van der Waals surface area (Å²) in [6.45, 7) is 1.77. The fourth-order valence-corrected chi connectivity index (χ4v) is 3.37. The van der Waals surface area contributed by atoms with Crippen LogP contribution in [-0.2, 0) is 11.2 Å². The summed E-state index contributed by atoms with van der Waals surface area (Å²) in [5.74, 6) is -0.433. The third-order valence-corrected chi connectivity index (χ3v) is 5.03. The molecule has 2 rings (SSSR count). The van der Waals surface area contributed by atoms with Gasteiger partial charge in [0, 0.05) is 23.8 Å². The zero-order chi connectivity index (χ0) is 20.7. The van der Waals surface area contributed by atoms with Crippen molar-refractivity contribution < 1.29 is 14.7 Å². The first kappa shape index (κ1) is 21.3. The van der Waals surface area contributed by atoms with Crippen molar-refractivity contribution in [3.05, 3.63) is 45.7 Å². The van der Waals surface area contributed by atoms with E-state index in [9.17, 15) is 14.4 Å². The number of carboxylic acid groups (broad SMARTS) is 1. The number of carbonyl (C=O) groups excluding carboxylic acids is 1. The van der Waals surface area contributed by atoms with E-state index in [1.54, 1.807) is 19.1 Å². The number of nitrogens with two attached hydrogens (primary N) is 2. The van der Waals surface area contributed by atoms with Crippen LogP contribution >= 0.6 is 11.8 Å². The molecule has 0 unspecified atom stereocenters. The van der Waals surface area contributed by atoms with Crippen molar-refractivity contribution in [2.45, 2.75) is 37.1 Å². The summed E-state index contributed by atoms with van der Waals surface area (Å²) >= 11 is 1.29. The largest absolute Gasteiger partial charge is 0.481 e. The van der Waals surface area contributed by atoms with Crippen molar-refractivity contribution in [3.8, 4) is 0 Å². The van der Waals surface area contributed by atoms with E-state index in [4.69, 9.17) is 16.6 Å². The Morgan fingerprint density at radius 2 is 1.96 bits per heavy atom. The van der Waals surface area contributed by atoms with E-state index >= 15 is 0 Å². The van der Waals surface area contributed by atoms with Gasteiger partial charge in [0.15, 0.2) is 0 Å². The second-order valence-corrected chi connectivity index (χ2v) is 7.37. The van der Waals surface area contributed by atoms with E-state index in [-0.39, 0.29) is 35.7 Å². The molecule has 0 aliphatic rings. The molecule has 1 heterocycles. The monoisotopic (exact) mass is 405 g/mol. The number of aryl methyl sites for hydroxylation is 1. The maximum atomic E-state index is 12.2. The lowest BCUT2D eigenvalue weighted by molar-refractivity contribution is -0.137. The number of benzene rings is 1. The molecule has 9 nitrogen and oxygen atoms in total. The quantitative estimate of drug-likeness (QED) is 0.389. The molecule has 1 amide bonds. The lowest BCUT2D eigenvalue weighted by Gasteiger charge is -2.13. The summed E-state index contributed by atoms with van der Waals surface area (Å²) in [7, 11) is 0. The molecule has 0 saturated carbocycles. The number of aliphatic carboxylic acids is 1. The van der Waals surface area contributed by atoms with E-state index < -0.39 is 5.97 Å². The molecule has 0 bridgehead atoms. The first-order valence-corrected chi connectivity index (χ1v) is 9.64. The Morgan fingerprint density at radius 1 is 1.29 bits per heavy atom. The molecule has 150 valence electrons. The standard InChI is InChI=1S/C18H23N5O4S/c1-10(2-7-13(24)25)21-16(26)12-5-3-11(4-6-12)8-9-28-14-15(19)22-18(20)23-17(14)27/h3-6,10H,2,7-9H2,1H3,(H,21,26)(H,24,25)(H5,19,20,22,23,27)/t10-/m1/s1. The molecule has 10 heteroatoms. The van der Waals surface area contributed by atoms with Gasteiger partial charge in [0.2, 0.25) is 5.95 Å². The number of nitrogens with zero attached hydrogens (tertiary/aromatic N) is 1. The minimum Gasteiger partial charge on any atom is -0.481 e. The normalized spacial score (nSPS) is 11.8. The number of anilines is 2. The number of H-pyrrole nitrogens is 1. The van der Waals surface area contributed by atoms with E-state index in [1.165, 1.54) is 11.8 Å². The van der Waals surface area contributed by atoms with Crippen molar-refractivity contribution >= 4 is 35.4 Å². The number of carbonyl (C=O) groups is 2. The van der Waals surface area contributed by atoms with Gasteiger partial charge in [-0.2, -0.15) is 4.98 Å². The SMILES string of the molecule is C[C@H](CCC(=O)O)NC(=O)c1ccc(CCSc2c(N)nc(N)[nH]c2=O)cc1. The van der Waals surface area contributed by atoms with Crippen LogP contribution in [0.1, 0.15) is 35.7 Å². The molecule has 2 aromatic rings. The summed E-state index contributed by atoms with van der Waals surface area (Å²) in [5, 5.41) is 11.5. The Balaban J connectivity index is 1.86. The van der Waals surface area contributed by atoms with Crippen LogP contribution in [0.15, 0.2) is 34.0 Å². The molecule has 1 atom stereocenters. The van der Waals surface area contributed by atoms with Gasteiger partial charge in [-0.1, -0.05) is 12.1 Å². The lowest BCUT2D eigenvalue weighted by atomic mass is 10.1. The third kappa shape index (κ3) is 6.31. The van der Waals surface area contributed by atoms with Gasteiger partial charge in [0.05, 0.1) is 0 Å². The van der Waals surface area contributed by atoms with Gasteiger partial charge >= 0.3 is 5.97 Å². The van der Waals surface area contributed by atoms with Gasteiger partial charge in [-0.15, -0.1) is 11.8 Å². The molecule has 0 aliphatic carbocycles. The molecule has 0 saturated heterocycles. The number of rotatable bonds is 9. The number of nitrogens with one attached hydrogen (secondary N) is 2. The van der Waals surface area contributed by atoms with Crippen LogP contribution in [0.4, 0.5) is 11.8 Å². The Bertz CT molecular complexity index is 898. The highest BCUT2D eigenvalue weighted by molar-refractivity contribution is 7.99. The van der Waals surface area contributed by atoms with Gasteiger partial charge < -0.3 is 21.9 Å². The van der Waals surface area contributed by atoms with Gasteiger partial charge in [0.25, 0.3) is 11.5 Å².